The van der Waals surface area contributed by atoms with Crippen molar-refractivity contribution >= 4 is 17.7 Å². The van der Waals surface area contributed by atoms with E-state index in [1.807, 2.05) is 31.2 Å². The van der Waals surface area contributed by atoms with Gasteiger partial charge in [0.1, 0.15) is 12.4 Å². The fourth-order valence-electron chi connectivity index (χ4n) is 3.27. The molecular formula is C19H26N4O2S. The summed E-state index contributed by atoms with van der Waals surface area (Å²) in [5.41, 5.74) is 1.15. The number of aromatic nitrogens is 3. The zero-order valence-electron chi connectivity index (χ0n) is 15.2. The molecule has 1 saturated carbocycles. The molecule has 7 heteroatoms. The van der Waals surface area contributed by atoms with Crippen molar-refractivity contribution in [3.63, 3.8) is 0 Å². The Morgan fingerprint density at radius 3 is 2.81 bits per heavy atom. The van der Waals surface area contributed by atoms with Crippen LogP contribution in [0.3, 0.4) is 0 Å². The number of ether oxygens (including phenoxy) is 1. The SMILES string of the molecule is Cc1cccc(OCC(O)CSc2nnc(N3CCCC3)n2C2CC2)c1. The van der Waals surface area contributed by atoms with Gasteiger partial charge in [0.15, 0.2) is 5.16 Å². The van der Waals surface area contributed by atoms with Crippen LogP contribution < -0.4 is 9.64 Å². The molecule has 1 aliphatic heterocycles. The van der Waals surface area contributed by atoms with Crippen molar-refractivity contribution in [2.75, 3.05) is 30.3 Å². The molecule has 26 heavy (non-hydrogen) atoms. The van der Waals surface area contributed by atoms with Gasteiger partial charge in [0.25, 0.3) is 0 Å². The number of aliphatic hydroxyl groups excluding tert-OH is 1. The van der Waals surface area contributed by atoms with Gasteiger partial charge in [0, 0.05) is 24.9 Å². The maximum Gasteiger partial charge on any atom is 0.228 e. The van der Waals surface area contributed by atoms with E-state index in [1.54, 1.807) is 11.8 Å². The van der Waals surface area contributed by atoms with E-state index in [2.05, 4.69) is 19.7 Å². The second-order valence-corrected chi connectivity index (χ2v) is 8.16. The fraction of sp³-hybridized carbons (Fsp3) is 0.579. The van der Waals surface area contributed by atoms with Crippen LogP contribution in [0.4, 0.5) is 5.95 Å². The Morgan fingerprint density at radius 2 is 2.08 bits per heavy atom. The molecule has 2 aromatic rings. The van der Waals surface area contributed by atoms with Gasteiger partial charge in [-0.25, -0.2) is 0 Å². The predicted molar refractivity (Wildman–Crippen MR) is 103 cm³/mol. The molecule has 6 nitrogen and oxygen atoms in total. The quantitative estimate of drug-likeness (QED) is 0.717. The maximum absolute atomic E-state index is 10.3. The van der Waals surface area contributed by atoms with Gasteiger partial charge < -0.3 is 14.7 Å². The number of aryl methyl sites for hydroxylation is 1. The monoisotopic (exact) mass is 374 g/mol. The van der Waals surface area contributed by atoms with Crippen molar-refractivity contribution in [1.82, 2.24) is 14.8 Å². The average Bonchev–Trinajstić information content (AvgIpc) is 3.16. The van der Waals surface area contributed by atoms with Crippen molar-refractivity contribution in [2.24, 2.45) is 0 Å². The summed E-state index contributed by atoms with van der Waals surface area (Å²) in [5, 5.41) is 20.1. The van der Waals surface area contributed by atoms with E-state index < -0.39 is 6.10 Å². The van der Waals surface area contributed by atoms with Crippen molar-refractivity contribution in [1.29, 1.82) is 0 Å². The number of aliphatic hydroxyl groups is 1. The molecule has 140 valence electrons. The standard InChI is InChI=1S/C19H26N4O2S/c1-14-5-4-6-17(11-14)25-12-16(24)13-26-19-21-20-18(22-9-2-3-10-22)23(19)15-7-8-15/h4-6,11,15-16,24H,2-3,7-10,12-13H2,1H3. The molecule has 1 saturated heterocycles. The van der Waals surface area contributed by atoms with Gasteiger partial charge in [-0.15, -0.1) is 10.2 Å². The molecule has 0 amide bonds. The Hall–Kier alpha value is -1.73. The predicted octanol–water partition coefficient (Wildman–Crippen LogP) is 3.05. The molecule has 2 fully saturated rings. The molecule has 1 aliphatic carbocycles. The highest BCUT2D eigenvalue weighted by Gasteiger charge is 2.32. The summed E-state index contributed by atoms with van der Waals surface area (Å²) in [6, 6.07) is 8.42. The minimum absolute atomic E-state index is 0.285. The van der Waals surface area contributed by atoms with Crippen LogP contribution in [0.15, 0.2) is 29.4 Å². The van der Waals surface area contributed by atoms with Crippen LogP contribution in [-0.4, -0.2) is 51.4 Å². The number of thioether (sulfide) groups is 1. The van der Waals surface area contributed by atoms with Crippen LogP contribution in [0.25, 0.3) is 0 Å². The lowest BCUT2D eigenvalue weighted by molar-refractivity contribution is 0.126. The van der Waals surface area contributed by atoms with E-state index in [4.69, 9.17) is 4.74 Å². The Balaban J connectivity index is 1.34. The molecule has 0 bridgehead atoms. The maximum atomic E-state index is 10.3. The molecule has 2 aliphatic rings. The highest BCUT2D eigenvalue weighted by molar-refractivity contribution is 7.99. The first-order valence-electron chi connectivity index (χ1n) is 9.41. The molecule has 0 spiro atoms. The molecule has 1 aromatic heterocycles. The Morgan fingerprint density at radius 1 is 1.27 bits per heavy atom. The zero-order valence-corrected chi connectivity index (χ0v) is 16.0. The van der Waals surface area contributed by atoms with Gasteiger partial charge in [-0.05, 0) is 50.3 Å². The second-order valence-electron chi connectivity index (χ2n) is 7.17. The minimum Gasteiger partial charge on any atom is -0.491 e. The van der Waals surface area contributed by atoms with Crippen LogP contribution in [0.1, 0.15) is 37.3 Å². The third-order valence-electron chi connectivity index (χ3n) is 4.78. The van der Waals surface area contributed by atoms with E-state index in [9.17, 15) is 5.11 Å². The highest BCUT2D eigenvalue weighted by Crippen LogP contribution is 2.41. The van der Waals surface area contributed by atoms with Gasteiger partial charge in [-0.1, -0.05) is 23.9 Å². The summed E-state index contributed by atoms with van der Waals surface area (Å²) in [5.74, 6) is 2.36. The third kappa shape index (κ3) is 4.15. The summed E-state index contributed by atoms with van der Waals surface area (Å²) >= 11 is 1.57. The van der Waals surface area contributed by atoms with Crippen molar-refractivity contribution in [3.8, 4) is 5.75 Å². The van der Waals surface area contributed by atoms with Crippen molar-refractivity contribution in [3.05, 3.63) is 29.8 Å². The van der Waals surface area contributed by atoms with Crippen LogP contribution in [0, 0.1) is 6.92 Å². The Bertz CT molecular complexity index is 741. The number of nitrogens with zero attached hydrogens (tertiary/aromatic N) is 4. The molecular weight excluding hydrogens is 348 g/mol. The summed E-state index contributed by atoms with van der Waals surface area (Å²) in [7, 11) is 0. The van der Waals surface area contributed by atoms with E-state index in [1.165, 1.54) is 25.7 Å². The largest absolute Gasteiger partial charge is 0.491 e. The Labute approximate surface area is 158 Å². The lowest BCUT2D eigenvalue weighted by Crippen LogP contribution is -2.22. The summed E-state index contributed by atoms with van der Waals surface area (Å²) < 4.78 is 7.98. The van der Waals surface area contributed by atoms with Gasteiger partial charge in [-0.3, -0.25) is 4.57 Å². The molecule has 1 unspecified atom stereocenters. The number of rotatable bonds is 8. The molecule has 0 radical (unpaired) electrons. The van der Waals surface area contributed by atoms with Crippen LogP contribution in [0.5, 0.6) is 5.75 Å². The van der Waals surface area contributed by atoms with Crippen LogP contribution in [-0.2, 0) is 0 Å². The molecule has 2 heterocycles. The van der Waals surface area contributed by atoms with Crippen molar-refractivity contribution < 1.29 is 9.84 Å². The van der Waals surface area contributed by atoms with E-state index >= 15 is 0 Å². The van der Waals surface area contributed by atoms with Gasteiger partial charge >= 0.3 is 0 Å². The molecule has 4 rings (SSSR count). The van der Waals surface area contributed by atoms with Crippen LogP contribution in [0.2, 0.25) is 0 Å². The lowest BCUT2D eigenvalue weighted by atomic mass is 10.2. The van der Waals surface area contributed by atoms with E-state index in [0.717, 1.165) is 35.5 Å². The number of hydrogen-bond donors (Lipinski definition) is 1. The van der Waals surface area contributed by atoms with Gasteiger partial charge in [0.05, 0.1) is 6.10 Å². The summed E-state index contributed by atoms with van der Waals surface area (Å²) in [4.78, 5) is 2.34. The van der Waals surface area contributed by atoms with E-state index in [-0.39, 0.29) is 6.61 Å². The Kier molecular flexibility index (Phi) is 5.36. The number of hydrogen-bond acceptors (Lipinski definition) is 6. The van der Waals surface area contributed by atoms with Gasteiger partial charge in [-0.2, -0.15) is 0 Å². The van der Waals surface area contributed by atoms with Gasteiger partial charge in [0.2, 0.25) is 5.95 Å². The third-order valence-corrected chi connectivity index (χ3v) is 5.87. The van der Waals surface area contributed by atoms with Crippen LogP contribution >= 0.6 is 11.8 Å². The normalized spacial score (nSPS) is 18.3. The number of anilines is 1. The first kappa shape index (κ1) is 17.7. The topological polar surface area (TPSA) is 63.4 Å². The zero-order chi connectivity index (χ0) is 17.9. The first-order valence-corrected chi connectivity index (χ1v) is 10.4. The number of benzene rings is 1. The smallest absolute Gasteiger partial charge is 0.228 e. The molecule has 1 aromatic carbocycles. The summed E-state index contributed by atoms with van der Waals surface area (Å²) in [6.45, 7) is 4.46. The summed E-state index contributed by atoms with van der Waals surface area (Å²) in [6.07, 6.45) is 4.32. The molecule has 1 atom stereocenters. The highest BCUT2D eigenvalue weighted by atomic mass is 32.2. The lowest BCUT2D eigenvalue weighted by Gasteiger charge is -2.18. The fourth-order valence-corrected chi connectivity index (χ4v) is 4.18. The molecule has 1 N–H and O–H groups in total. The minimum atomic E-state index is -0.542. The first-order chi connectivity index (χ1) is 12.7. The van der Waals surface area contributed by atoms with E-state index in [0.29, 0.717) is 11.8 Å². The average molecular weight is 375 g/mol. The van der Waals surface area contributed by atoms with Crippen molar-refractivity contribution in [2.45, 2.75) is 49.9 Å². The second kappa shape index (κ2) is 7.88.